The molecule has 1 rings (SSSR count). The van der Waals surface area contributed by atoms with Gasteiger partial charge in [-0.15, -0.1) is 11.8 Å². The molecule has 0 atom stereocenters. The number of nitrogens with one attached hydrogen (secondary N) is 1. The van der Waals surface area contributed by atoms with Crippen LogP contribution in [-0.4, -0.2) is 24.3 Å². The number of anilines is 1. The molecule has 18 heavy (non-hydrogen) atoms. The summed E-state index contributed by atoms with van der Waals surface area (Å²) in [5, 5.41) is 2.84. The zero-order valence-electron chi connectivity index (χ0n) is 11.0. The lowest BCUT2D eigenvalue weighted by molar-refractivity contribution is -0.119. The number of ether oxygens (including phenoxy) is 1. The number of nitrogens with two attached hydrogens (primary N) is 1. The number of carbonyl (C=O) groups is 1. The molecule has 100 valence electrons. The molecule has 1 amide bonds. The third kappa shape index (κ3) is 4.87. The number of thioether (sulfide) groups is 1. The Kier molecular flexibility index (Phi) is 5.85. The van der Waals surface area contributed by atoms with Gasteiger partial charge in [0.15, 0.2) is 0 Å². The van der Waals surface area contributed by atoms with E-state index in [0.29, 0.717) is 18.0 Å². The fourth-order valence-corrected chi connectivity index (χ4v) is 2.21. The highest BCUT2D eigenvalue weighted by atomic mass is 32.2. The van der Waals surface area contributed by atoms with Crippen LogP contribution in [0.3, 0.4) is 0 Å². The maximum Gasteiger partial charge on any atom is 0.230 e. The summed E-state index contributed by atoms with van der Waals surface area (Å²) in [6.45, 7) is 6.42. The summed E-state index contributed by atoms with van der Waals surface area (Å²) >= 11 is 1.42. The number of hydrogen-bond acceptors (Lipinski definition) is 4. The molecule has 3 N–H and O–H groups in total. The van der Waals surface area contributed by atoms with Crippen LogP contribution in [0.2, 0.25) is 0 Å². The van der Waals surface area contributed by atoms with Gasteiger partial charge in [0.1, 0.15) is 5.75 Å². The lowest BCUT2D eigenvalue weighted by Gasteiger charge is -2.10. The first-order chi connectivity index (χ1) is 8.52. The SMILES string of the molecule is CCOc1ccc(N)c(SCC(=O)NC(C)C)c1. The number of hydrogen-bond donors (Lipinski definition) is 2. The Bertz CT molecular complexity index is 408. The normalized spacial score (nSPS) is 10.4. The van der Waals surface area contributed by atoms with Gasteiger partial charge in [-0.2, -0.15) is 0 Å². The molecule has 0 spiro atoms. The summed E-state index contributed by atoms with van der Waals surface area (Å²) in [7, 11) is 0. The van der Waals surface area contributed by atoms with Gasteiger partial charge in [-0.1, -0.05) is 0 Å². The molecular weight excluding hydrogens is 248 g/mol. The third-order valence-corrected chi connectivity index (χ3v) is 3.18. The highest BCUT2D eigenvalue weighted by Gasteiger charge is 2.07. The lowest BCUT2D eigenvalue weighted by atomic mass is 10.3. The summed E-state index contributed by atoms with van der Waals surface area (Å²) in [6, 6.07) is 5.65. The van der Waals surface area contributed by atoms with E-state index in [0.717, 1.165) is 10.6 Å². The first-order valence-electron chi connectivity index (χ1n) is 5.97. The molecule has 0 unspecified atom stereocenters. The van der Waals surface area contributed by atoms with Gasteiger partial charge < -0.3 is 15.8 Å². The fraction of sp³-hybridized carbons (Fsp3) is 0.462. The highest BCUT2D eigenvalue weighted by molar-refractivity contribution is 8.00. The predicted octanol–water partition coefficient (Wildman–Crippen LogP) is 2.28. The molecule has 0 bridgehead atoms. The Morgan fingerprint density at radius 2 is 2.22 bits per heavy atom. The van der Waals surface area contributed by atoms with Gasteiger partial charge in [-0.05, 0) is 39.0 Å². The van der Waals surface area contributed by atoms with Crippen molar-refractivity contribution in [1.82, 2.24) is 5.32 Å². The average Bonchev–Trinajstić information content (AvgIpc) is 2.29. The van der Waals surface area contributed by atoms with Crippen LogP contribution in [0.1, 0.15) is 20.8 Å². The first kappa shape index (κ1) is 14.7. The van der Waals surface area contributed by atoms with Crippen molar-refractivity contribution in [1.29, 1.82) is 0 Å². The molecule has 0 aliphatic carbocycles. The van der Waals surface area contributed by atoms with Gasteiger partial charge in [0.2, 0.25) is 5.91 Å². The van der Waals surface area contributed by atoms with E-state index in [-0.39, 0.29) is 11.9 Å². The zero-order valence-corrected chi connectivity index (χ0v) is 11.8. The second kappa shape index (κ2) is 7.16. The standard InChI is InChI=1S/C13H20N2O2S/c1-4-17-10-5-6-11(14)12(7-10)18-8-13(16)15-9(2)3/h5-7,9H,4,8,14H2,1-3H3,(H,15,16). The van der Waals surface area contributed by atoms with Crippen LogP contribution in [0.25, 0.3) is 0 Å². The second-order valence-electron chi connectivity index (χ2n) is 4.14. The molecular formula is C13H20N2O2S. The molecule has 0 radical (unpaired) electrons. The minimum Gasteiger partial charge on any atom is -0.494 e. The Morgan fingerprint density at radius 1 is 1.50 bits per heavy atom. The fourth-order valence-electron chi connectivity index (χ4n) is 1.40. The van der Waals surface area contributed by atoms with Crippen LogP contribution < -0.4 is 15.8 Å². The Hall–Kier alpha value is -1.36. The molecule has 0 heterocycles. The van der Waals surface area contributed by atoms with Crippen LogP contribution in [0.15, 0.2) is 23.1 Å². The molecule has 4 nitrogen and oxygen atoms in total. The zero-order chi connectivity index (χ0) is 13.5. The van der Waals surface area contributed by atoms with Crippen molar-refractivity contribution in [3.8, 4) is 5.75 Å². The summed E-state index contributed by atoms with van der Waals surface area (Å²) in [5.41, 5.74) is 6.53. The van der Waals surface area contributed by atoms with Crippen LogP contribution in [-0.2, 0) is 4.79 Å². The maximum absolute atomic E-state index is 11.5. The van der Waals surface area contributed by atoms with E-state index in [1.807, 2.05) is 32.9 Å². The van der Waals surface area contributed by atoms with E-state index in [1.54, 1.807) is 6.07 Å². The number of amides is 1. The minimum atomic E-state index is 0.0104. The monoisotopic (exact) mass is 268 g/mol. The van der Waals surface area contributed by atoms with Crippen molar-refractivity contribution in [2.45, 2.75) is 31.7 Å². The van der Waals surface area contributed by atoms with Crippen LogP contribution in [0, 0.1) is 0 Å². The van der Waals surface area contributed by atoms with E-state index >= 15 is 0 Å². The summed E-state index contributed by atoms with van der Waals surface area (Å²) in [6.07, 6.45) is 0. The van der Waals surface area contributed by atoms with Gasteiger partial charge in [0, 0.05) is 16.6 Å². The van der Waals surface area contributed by atoms with Gasteiger partial charge in [0.05, 0.1) is 12.4 Å². The number of carbonyl (C=O) groups excluding carboxylic acids is 1. The summed E-state index contributed by atoms with van der Waals surface area (Å²) in [4.78, 5) is 12.4. The van der Waals surface area contributed by atoms with Crippen molar-refractivity contribution in [3.63, 3.8) is 0 Å². The molecule has 1 aromatic carbocycles. The molecule has 5 heteroatoms. The molecule has 0 aliphatic rings. The van der Waals surface area contributed by atoms with Crippen LogP contribution in [0.5, 0.6) is 5.75 Å². The van der Waals surface area contributed by atoms with E-state index in [2.05, 4.69) is 5.32 Å². The lowest BCUT2D eigenvalue weighted by Crippen LogP contribution is -2.31. The molecule has 0 aliphatic heterocycles. The van der Waals surface area contributed by atoms with Gasteiger partial charge >= 0.3 is 0 Å². The Morgan fingerprint density at radius 3 is 2.83 bits per heavy atom. The van der Waals surface area contributed by atoms with Crippen molar-refractivity contribution in [3.05, 3.63) is 18.2 Å². The van der Waals surface area contributed by atoms with Crippen molar-refractivity contribution >= 4 is 23.4 Å². The van der Waals surface area contributed by atoms with Crippen molar-refractivity contribution < 1.29 is 9.53 Å². The van der Waals surface area contributed by atoms with Crippen molar-refractivity contribution in [2.24, 2.45) is 0 Å². The molecule has 1 aromatic rings. The first-order valence-corrected chi connectivity index (χ1v) is 6.96. The largest absolute Gasteiger partial charge is 0.494 e. The molecule has 0 saturated carbocycles. The topological polar surface area (TPSA) is 64.3 Å². The van der Waals surface area contributed by atoms with Crippen LogP contribution in [0.4, 0.5) is 5.69 Å². The van der Waals surface area contributed by atoms with Gasteiger partial charge in [0.25, 0.3) is 0 Å². The number of benzene rings is 1. The van der Waals surface area contributed by atoms with Gasteiger partial charge in [-0.3, -0.25) is 4.79 Å². The minimum absolute atomic E-state index is 0.0104. The average molecular weight is 268 g/mol. The quantitative estimate of drug-likeness (QED) is 0.613. The van der Waals surface area contributed by atoms with Crippen molar-refractivity contribution in [2.75, 3.05) is 18.1 Å². The number of nitrogen functional groups attached to an aromatic ring is 1. The Balaban J connectivity index is 2.60. The van der Waals surface area contributed by atoms with E-state index < -0.39 is 0 Å². The summed E-state index contributed by atoms with van der Waals surface area (Å²) in [5.74, 6) is 1.15. The maximum atomic E-state index is 11.5. The molecule has 0 fully saturated rings. The third-order valence-electron chi connectivity index (χ3n) is 2.10. The molecule has 0 saturated heterocycles. The van der Waals surface area contributed by atoms with Gasteiger partial charge in [-0.25, -0.2) is 0 Å². The predicted molar refractivity (Wildman–Crippen MR) is 76.0 cm³/mol. The van der Waals surface area contributed by atoms with E-state index in [1.165, 1.54) is 11.8 Å². The summed E-state index contributed by atoms with van der Waals surface area (Å²) < 4.78 is 5.40. The second-order valence-corrected chi connectivity index (χ2v) is 5.16. The highest BCUT2D eigenvalue weighted by Crippen LogP contribution is 2.29. The number of rotatable bonds is 6. The van der Waals surface area contributed by atoms with Crippen LogP contribution >= 0.6 is 11.8 Å². The molecule has 0 aromatic heterocycles. The van der Waals surface area contributed by atoms with E-state index in [9.17, 15) is 4.79 Å². The smallest absolute Gasteiger partial charge is 0.230 e. The Labute approximate surface area is 112 Å². The van der Waals surface area contributed by atoms with E-state index in [4.69, 9.17) is 10.5 Å².